The van der Waals surface area contributed by atoms with Crippen molar-refractivity contribution in [1.82, 2.24) is 0 Å². The summed E-state index contributed by atoms with van der Waals surface area (Å²) in [5, 5.41) is 6.25. The van der Waals surface area contributed by atoms with E-state index in [-0.39, 0.29) is 11.8 Å². The fraction of sp³-hybridized carbons (Fsp3) is 0.107. The molecule has 164 valence electrons. The number of aliphatic imine (C=N–C) groups is 2. The summed E-state index contributed by atoms with van der Waals surface area (Å²) in [7, 11) is 0. The van der Waals surface area contributed by atoms with Gasteiger partial charge < -0.3 is 10.6 Å². The van der Waals surface area contributed by atoms with Gasteiger partial charge in [-0.25, -0.2) is 9.98 Å². The number of anilines is 3. The number of carbonyl (C=O) groups excluding carboxylic acids is 1. The largest absolute Gasteiger partial charge is 0.356 e. The van der Waals surface area contributed by atoms with Crippen molar-refractivity contribution >= 4 is 45.8 Å². The molecule has 33 heavy (non-hydrogen) atoms. The van der Waals surface area contributed by atoms with E-state index in [1.54, 1.807) is 0 Å². The van der Waals surface area contributed by atoms with Crippen LogP contribution in [0.4, 0.5) is 28.4 Å². The van der Waals surface area contributed by atoms with Crippen LogP contribution >= 0.6 is 0 Å². The Morgan fingerprint density at radius 3 is 1.58 bits per heavy atom. The fourth-order valence-electron chi connectivity index (χ4n) is 3.11. The van der Waals surface area contributed by atoms with Crippen LogP contribution in [0, 0.1) is 5.92 Å². The number of benzene rings is 3. The van der Waals surface area contributed by atoms with Crippen molar-refractivity contribution in [2.75, 3.05) is 10.6 Å². The third-order valence-electron chi connectivity index (χ3n) is 4.96. The number of nitrogens with one attached hydrogen (secondary N) is 2. The van der Waals surface area contributed by atoms with Crippen molar-refractivity contribution in [3.05, 3.63) is 103 Å². The van der Waals surface area contributed by atoms with Crippen LogP contribution in [0.5, 0.6) is 0 Å². The molecular weight excluding hydrogens is 408 g/mol. The van der Waals surface area contributed by atoms with Crippen molar-refractivity contribution in [2.45, 2.75) is 13.8 Å². The summed E-state index contributed by atoms with van der Waals surface area (Å²) in [6, 6.07) is 25.6. The average molecular weight is 435 g/mol. The lowest BCUT2D eigenvalue weighted by atomic mass is 10.1. The highest BCUT2D eigenvalue weighted by Gasteiger charge is 2.07. The lowest BCUT2D eigenvalue weighted by Crippen LogP contribution is -2.17. The highest BCUT2D eigenvalue weighted by atomic mass is 16.1. The van der Waals surface area contributed by atoms with Crippen molar-refractivity contribution in [3.63, 3.8) is 0 Å². The van der Waals surface area contributed by atoms with Crippen LogP contribution < -0.4 is 10.6 Å². The Bertz CT molecular complexity index is 1200. The first kappa shape index (κ1) is 22.0. The van der Waals surface area contributed by atoms with E-state index in [0.29, 0.717) is 0 Å². The number of para-hydroxylation sites is 1. The molecule has 0 unspecified atom stereocenters. The molecule has 0 atom stereocenters. The zero-order chi connectivity index (χ0) is 23.0. The molecule has 5 heteroatoms. The third-order valence-corrected chi connectivity index (χ3v) is 4.96. The minimum Gasteiger partial charge on any atom is -0.356 e. The second-order valence-electron chi connectivity index (χ2n) is 7.97. The Balaban J connectivity index is 1.37. The van der Waals surface area contributed by atoms with Crippen molar-refractivity contribution in [3.8, 4) is 0 Å². The number of allylic oxidation sites excluding steroid dienone is 4. The molecule has 0 radical (unpaired) electrons. The molecule has 2 N–H and O–H groups in total. The number of hydrogen-bond acceptors (Lipinski definition) is 4. The maximum Gasteiger partial charge on any atom is 0.226 e. The SMILES string of the molecule is CC(C)C(=O)Nc1ccc(N=C2C=CC(=Nc3ccc(Nc4ccccc4)cc3)C=C2)cc1. The molecule has 1 aliphatic carbocycles. The summed E-state index contributed by atoms with van der Waals surface area (Å²) in [5.74, 6) is -0.0525. The van der Waals surface area contributed by atoms with Crippen LogP contribution in [-0.4, -0.2) is 17.3 Å². The van der Waals surface area contributed by atoms with Crippen LogP contribution in [0.1, 0.15) is 13.8 Å². The number of hydrogen-bond donors (Lipinski definition) is 2. The molecule has 0 fully saturated rings. The summed E-state index contributed by atoms with van der Waals surface area (Å²) >= 11 is 0. The molecule has 0 aliphatic heterocycles. The van der Waals surface area contributed by atoms with Gasteiger partial charge in [0.25, 0.3) is 0 Å². The molecule has 0 saturated carbocycles. The highest BCUT2D eigenvalue weighted by Crippen LogP contribution is 2.22. The van der Waals surface area contributed by atoms with Gasteiger partial charge in [-0.1, -0.05) is 32.0 Å². The predicted octanol–water partition coefficient (Wildman–Crippen LogP) is 7.00. The summed E-state index contributed by atoms with van der Waals surface area (Å²) in [4.78, 5) is 21.1. The van der Waals surface area contributed by atoms with E-state index < -0.39 is 0 Å². The van der Waals surface area contributed by atoms with Gasteiger partial charge in [0.15, 0.2) is 0 Å². The van der Waals surface area contributed by atoms with Gasteiger partial charge in [0.1, 0.15) is 0 Å². The molecule has 0 aromatic heterocycles. The summed E-state index contributed by atoms with van der Waals surface area (Å²) in [5.41, 5.74) is 6.26. The Morgan fingerprint density at radius 1 is 0.636 bits per heavy atom. The van der Waals surface area contributed by atoms with E-state index in [2.05, 4.69) is 20.6 Å². The quantitative estimate of drug-likeness (QED) is 0.410. The second kappa shape index (κ2) is 10.4. The standard InChI is InChI=1S/C28H26N4O/c1-20(2)28(33)32-27-18-16-26(17-19-27)31-25-14-12-24(13-15-25)30-23-10-8-22(9-11-23)29-21-6-4-3-5-7-21/h3-20,29H,1-2H3,(H,32,33). The van der Waals surface area contributed by atoms with E-state index in [1.807, 2.05) is 117 Å². The van der Waals surface area contributed by atoms with Gasteiger partial charge in [-0.15, -0.1) is 0 Å². The summed E-state index contributed by atoms with van der Waals surface area (Å²) < 4.78 is 0. The molecule has 0 spiro atoms. The molecule has 1 aliphatic rings. The number of nitrogens with zero attached hydrogens (tertiary/aromatic N) is 2. The third kappa shape index (κ3) is 6.37. The van der Waals surface area contributed by atoms with E-state index in [1.165, 1.54) is 0 Å². The van der Waals surface area contributed by atoms with Crippen LogP contribution in [0.15, 0.2) is 113 Å². The molecule has 3 aromatic rings. The van der Waals surface area contributed by atoms with Gasteiger partial charge >= 0.3 is 0 Å². The number of carbonyl (C=O) groups is 1. The normalized spacial score (nSPS) is 12.6. The van der Waals surface area contributed by atoms with Gasteiger partial charge in [-0.2, -0.15) is 0 Å². The fourth-order valence-corrected chi connectivity index (χ4v) is 3.11. The number of rotatable bonds is 6. The molecule has 0 saturated heterocycles. The number of amides is 1. The molecule has 0 heterocycles. The van der Waals surface area contributed by atoms with Crippen LogP contribution in [-0.2, 0) is 4.79 Å². The first-order valence-corrected chi connectivity index (χ1v) is 10.9. The zero-order valence-corrected chi connectivity index (χ0v) is 18.7. The maximum absolute atomic E-state index is 11.8. The highest BCUT2D eigenvalue weighted by molar-refractivity contribution is 6.19. The first-order chi connectivity index (χ1) is 16.0. The van der Waals surface area contributed by atoms with Crippen LogP contribution in [0.25, 0.3) is 0 Å². The van der Waals surface area contributed by atoms with Crippen LogP contribution in [0.2, 0.25) is 0 Å². The lowest BCUT2D eigenvalue weighted by molar-refractivity contribution is -0.118. The van der Waals surface area contributed by atoms with E-state index in [4.69, 9.17) is 0 Å². The van der Waals surface area contributed by atoms with Gasteiger partial charge in [0.2, 0.25) is 5.91 Å². The monoisotopic (exact) mass is 434 g/mol. The Labute approximate surface area is 194 Å². The summed E-state index contributed by atoms with van der Waals surface area (Å²) in [6.45, 7) is 3.74. The molecule has 0 bridgehead atoms. The molecule has 4 rings (SSSR count). The molecule has 5 nitrogen and oxygen atoms in total. The van der Waals surface area contributed by atoms with Crippen molar-refractivity contribution < 1.29 is 4.79 Å². The topological polar surface area (TPSA) is 65.8 Å². The van der Waals surface area contributed by atoms with Crippen molar-refractivity contribution in [2.24, 2.45) is 15.9 Å². The Kier molecular flexibility index (Phi) is 6.90. The molecule has 3 aromatic carbocycles. The Hall–Kier alpha value is -4.25. The average Bonchev–Trinajstić information content (AvgIpc) is 2.83. The van der Waals surface area contributed by atoms with Gasteiger partial charge in [-0.05, 0) is 85.0 Å². The lowest BCUT2D eigenvalue weighted by Gasteiger charge is -2.08. The van der Waals surface area contributed by atoms with Gasteiger partial charge in [-0.3, -0.25) is 4.79 Å². The van der Waals surface area contributed by atoms with Crippen molar-refractivity contribution in [1.29, 1.82) is 0 Å². The first-order valence-electron chi connectivity index (χ1n) is 10.9. The summed E-state index contributed by atoms with van der Waals surface area (Å²) in [6.07, 6.45) is 7.79. The molecular formula is C28H26N4O. The van der Waals surface area contributed by atoms with E-state index >= 15 is 0 Å². The maximum atomic E-state index is 11.8. The smallest absolute Gasteiger partial charge is 0.226 e. The van der Waals surface area contributed by atoms with Gasteiger partial charge in [0.05, 0.1) is 22.8 Å². The predicted molar refractivity (Wildman–Crippen MR) is 139 cm³/mol. The molecule has 1 amide bonds. The van der Waals surface area contributed by atoms with Gasteiger partial charge in [0, 0.05) is 23.0 Å². The van der Waals surface area contributed by atoms with E-state index in [0.717, 1.165) is 39.9 Å². The van der Waals surface area contributed by atoms with Crippen LogP contribution in [0.3, 0.4) is 0 Å². The second-order valence-corrected chi connectivity index (χ2v) is 7.97. The van der Waals surface area contributed by atoms with E-state index in [9.17, 15) is 4.79 Å². The minimum atomic E-state index is -0.0535. The minimum absolute atomic E-state index is 0.00104. The Morgan fingerprint density at radius 2 is 1.09 bits per heavy atom. The zero-order valence-electron chi connectivity index (χ0n) is 18.7.